The van der Waals surface area contributed by atoms with Crippen molar-refractivity contribution in [3.8, 4) is 17.4 Å². The standard InChI is InChI=1S/C21H18N4O3/c1-13-5-7-17-16(10-13)19(12-23-17)28-21(26)25-15-6-8-20(24-11-15)27-18-4-3-9-22-14(18)2/h3-12,23H,1-2H3,(H,25,26). The number of rotatable bonds is 4. The second kappa shape index (κ2) is 7.40. The Morgan fingerprint density at radius 3 is 2.75 bits per heavy atom. The Morgan fingerprint density at radius 2 is 1.96 bits per heavy atom. The number of nitrogens with one attached hydrogen (secondary N) is 2. The summed E-state index contributed by atoms with van der Waals surface area (Å²) in [7, 11) is 0. The summed E-state index contributed by atoms with van der Waals surface area (Å²) >= 11 is 0. The first-order valence-corrected chi connectivity index (χ1v) is 8.70. The smallest absolute Gasteiger partial charge is 0.417 e. The third kappa shape index (κ3) is 3.78. The number of benzene rings is 1. The number of pyridine rings is 2. The zero-order valence-corrected chi connectivity index (χ0v) is 15.4. The van der Waals surface area contributed by atoms with Crippen LogP contribution in [-0.4, -0.2) is 21.0 Å². The zero-order chi connectivity index (χ0) is 19.5. The molecule has 4 rings (SSSR count). The molecule has 28 heavy (non-hydrogen) atoms. The Balaban J connectivity index is 1.42. The van der Waals surface area contributed by atoms with Gasteiger partial charge in [0.25, 0.3) is 0 Å². The lowest BCUT2D eigenvalue weighted by Crippen LogP contribution is -2.16. The average Bonchev–Trinajstić information content (AvgIpc) is 3.07. The number of fused-ring (bicyclic) bond motifs is 1. The molecular weight excluding hydrogens is 356 g/mol. The number of aryl methyl sites for hydroxylation is 2. The fraction of sp³-hybridized carbons (Fsp3) is 0.0952. The molecule has 4 aromatic rings. The van der Waals surface area contributed by atoms with Crippen LogP contribution < -0.4 is 14.8 Å². The number of hydrogen-bond donors (Lipinski definition) is 2. The molecule has 0 unspecified atom stereocenters. The first-order chi connectivity index (χ1) is 13.6. The molecule has 0 saturated heterocycles. The molecule has 0 aliphatic carbocycles. The Labute approximate surface area is 161 Å². The quantitative estimate of drug-likeness (QED) is 0.526. The van der Waals surface area contributed by atoms with Gasteiger partial charge in [0.15, 0.2) is 11.5 Å². The second-order valence-electron chi connectivity index (χ2n) is 6.29. The number of aromatic amines is 1. The Bertz CT molecular complexity index is 1140. The summed E-state index contributed by atoms with van der Waals surface area (Å²) in [5.41, 5.74) is 3.25. The number of carbonyl (C=O) groups is 1. The van der Waals surface area contributed by atoms with E-state index in [9.17, 15) is 4.79 Å². The SMILES string of the molecule is Cc1ccc2[nH]cc(OC(=O)Nc3ccc(Oc4cccnc4C)nc3)c2c1. The van der Waals surface area contributed by atoms with Crippen LogP contribution in [-0.2, 0) is 0 Å². The molecule has 0 aliphatic rings. The van der Waals surface area contributed by atoms with Crippen LogP contribution in [0.2, 0.25) is 0 Å². The molecule has 2 N–H and O–H groups in total. The summed E-state index contributed by atoms with van der Waals surface area (Å²) in [6.07, 6.45) is 4.26. The Morgan fingerprint density at radius 1 is 1.07 bits per heavy atom. The Hall–Kier alpha value is -3.87. The molecule has 140 valence electrons. The zero-order valence-electron chi connectivity index (χ0n) is 15.4. The highest BCUT2D eigenvalue weighted by Gasteiger charge is 2.11. The van der Waals surface area contributed by atoms with Crippen LogP contribution in [0.1, 0.15) is 11.3 Å². The van der Waals surface area contributed by atoms with Crippen molar-refractivity contribution in [3.63, 3.8) is 0 Å². The minimum Gasteiger partial charge on any atom is -0.437 e. The lowest BCUT2D eigenvalue weighted by atomic mass is 10.2. The van der Waals surface area contributed by atoms with Gasteiger partial charge in [0.1, 0.15) is 0 Å². The highest BCUT2D eigenvalue weighted by Crippen LogP contribution is 2.27. The van der Waals surface area contributed by atoms with E-state index in [2.05, 4.69) is 20.3 Å². The maximum Gasteiger partial charge on any atom is 0.417 e. The van der Waals surface area contributed by atoms with Gasteiger partial charge in [-0.1, -0.05) is 11.6 Å². The van der Waals surface area contributed by atoms with E-state index in [1.807, 2.05) is 38.1 Å². The number of amides is 1. The highest BCUT2D eigenvalue weighted by atomic mass is 16.6. The van der Waals surface area contributed by atoms with Crippen molar-refractivity contribution >= 4 is 22.7 Å². The van der Waals surface area contributed by atoms with Gasteiger partial charge in [-0.15, -0.1) is 0 Å². The monoisotopic (exact) mass is 374 g/mol. The van der Waals surface area contributed by atoms with Gasteiger partial charge in [0.05, 0.1) is 17.6 Å². The van der Waals surface area contributed by atoms with E-state index >= 15 is 0 Å². The molecular formula is C21H18N4O3. The van der Waals surface area contributed by atoms with Crippen LogP contribution in [0.25, 0.3) is 10.9 Å². The van der Waals surface area contributed by atoms with Gasteiger partial charge in [-0.2, -0.15) is 0 Å². The van der Waals surface area contributed by atoms with E-state index in [4.69, 9.17) is 9.47 Å². The van der Waals surface area contributed by atoms with E-state index in [1.165, 1.54) is 6.20 Å². The average molecular weight is 374 g/mol. The molecule has 0 bridgehead atoms. The molecule has 0 saturated carbocycles. The number of anilines is 1. The van der Waals surface area contributed by atoms with Crippen LogP contribution in [0.15, 0.2) is 61.1 Å². The number of aromatic nitrogens is 3. The van der Waals surface area contributed by atoms with Crippen LogP contribution in [0.3, 0.4) is 0 Å². The number of hydrogen-bond acceptors (Lipinski definition) is 5. The van der Waals surface area contributed by atoms with E-state index in [0.29, 0.717) is 23.1 Å². The van der Waals surface area contributed by atoms with E-state index in [1.54, 1.807) is 30.6 Å². The van der Waals surface area contributed by atoms with Crippen molar-refractivity contribution in [1.82, 2.24) is 15.0 Å². The third-order valence-corrected chi connectivity index (χ3v) is 4.16. The van der Waals surface area contributed by atoms with Crippen LogP contribution >= 0.6 is 0 Å². The first kappa shape index (κ1) is 17.5. The molecule has 0 radical (unpaired) electrons. The maximum absolute atomic E-state index is 12.2. The first-order valence-electron chi connectivity index (χ1n) is 8.70. The highest BCUT2D eigenvalue weighted by molar-refractivity contribution is 5.92. The fourth-order valence-corrected chi connectivity index (χ4v) is 2.74. The van der Waals surface area contributed by atoms with Gasteiger partial charge in [-0.05, 0) is 44.2 Å². The van der Waals surface area contributed by atoms with Crippen LogP contribution in [0, 0.1) is 13.8 Å². The topological polar surface area (TPSA) is 89.1 Å². The molecule has 1 amide bonds. The van der Waals surface area contributed by atoms with Gasteiger partial charge >= 0.3 is 6.09 Å². The predicted molar refractivity (Wildman–Crippen MR) is 106 cm³/mol. The minimum absolute atomic E-state index is 0.405. The van der Waals surface area contributed by atoms with Gasteiger partial charge in [-0.3, -0.25) is 10.3 Å². The predicted octanol–water partition coefficient (Wildman–Crippen LogP) is 4.98. The third-order valence-electron chi connectivity index (χ3n) is 4.16. The van der Waals surface area contributed by atoms with E-state index < -0.39 is 6.09 Å². The largest absolute Gasteiger partial charge is 0.437 e. The molecule has 0 atom stereocenters. The van der Waals surface area contributed by atoms with Crippen molar-refractivity contribution in [1.29, 1.82) is 0 Å². The molecule has 0 aliphatic heterocycles. The summed E-state index contributed by atoms with van der Waals surface area (Å²) in [5, 5.41) is 3.51. The summed E-state index contributed by atoms with van der Waals surface area (Å²) in [6, 6.07) is 12.9. The summed E-state index contributed by atoms with van der Waals surface area (Å²) in [5.74, 6) is 1.50. The number of H-pyrrole nitrogens is 1. The summed E-state index contributed by atoms with van der Waals surface area (Å²) in [4.78, 5) is 23.7. The molecule has 1 aromatic carbocycles. The summed E-state index contributed by atoms with van der Waals surface area (Å²) < 4.78 is 11.1. The molecule has 3 heterocycles. The second-order valence-corrected chi connectivity index (χ2v) is 6.29. The van der Waals surface area contributed by atoms with Crippen molar-refractivity contribution in [2.75, 3.05) is 5.32 Å². The van der Waals surface area contributed by atoms with Crippen molar-refractivity contribution in [2.45, 2.75) is 13.8 Å². The van der Waals surface area contributed by atoms with Gasteiger partial charge < -0.3 is 14.5 Å². The van der Waals surface area contributed by atoms with E-state index in [-0.39, 0.29) is 0 Å². The van der Waals surface area contributed by atoms with Crippen LogP contribution in [0.5, 0.6) is 17.4 Å². The molecule has 0 spiro atoms. The number of ether oxygens (including phenoxy) is 2. The lowest BCUT2D eigenvalue weighted by Gasteiger charge is -2.08. The molecule has 7 nitrogen and oxygen atoms in total. The fourth-order valence-electron chi connectivity index (χ4n) is 2.74. The minimum atomic E-state index is -0.596. The maximum atomic E-state index is 12.2. The number of carbonyl (C=O) groups excluding carboxylic acids is 1. The summed E-state index contributed by atoms with van der Waals surface area (Å²) in [6.45, 7) is 3.84. The van der Waals surface area contributed by atoms with Gasteiger partial charge in [0.2, 0.25) is 5.88 Å². The van der Waals surface area contributed by atoms with Gasteiger partial charge in [0, 0.05) is 29.4 Å². The van der Waals surface area contributed by atoms with Crippen molar-refractivity contribution in [2.24, 2.45) is 0 Å². The number of nitrogens with zero attached hydrogens (tertiary/aromatic N) is 2. The van der Waals surface area contributed by atoms with E-state index in [0.717, 1.165) is 22.2 Å². The van der Waals surface area contributed by atoms with Gasteiger partial charge in [-0.25, -0.2) is 9.78 Å². The van der Waals surface area contributed by atoms with Crippen LogP contribution in [0.4, 0.5) is 10.5 Å². The van der Waals surface area contributed by atoms with Crippen molar-refractivity contribution in [3.05, 3.63) is 72.3 Å². The molecule has 0 fully saturated rings. The lowest BCUT2D eigenvalue weighted by molar-refractivity contribution is 0.215. The molecule has 3 aromatic heterocycles. The molecule has 7 heteroatoms. The van der Waals surface area contributed by atoms with Crippen molar-refractivity contribution < 1.29 is 14.3 Å². The normalized spacial score (nSPS) is 10.6. The Kier molecular flexibility index (Phi) is 4.63.